The van der Waals surface area contributed by atoms with E-state index in [9.17, 15) is 8.42 Å². The molecular weight excluding hydrogens is 206 g/mol. The van der Waals surface area contributed by atoms with Gasteiger partial charge in [0, 0.05) is 19.3 Å². The second-order valence-electron chi connectivity index (χ2n) is 3.05. The fraction of sp³-hybridized carbons (Fsp3) is 0.571. The molecule has 1 atom stereocenters. The number of nitrogens with zero attached hydrogens (tertiary/aromatic N) is 2. The number of rotatable bonds is 4. The number of aromatic nitrogens is 2. The first kappa shape index (κ1) is 11.2. The van der Waals surface area contributed by atoms with E-state index in [0.29, 0.717) is 0 Å². The molecule has 2 N–H and O–H groups in total. The molecule has 0 aliphatic carbocycles. The predicted octanol–water partition coefficient (Wildman–Crippen LogP) is -0.921. The summed E-state index contributed by atoms with van der Waals surface area (Å²) in [7, 11) is -1.91. The van der Waals surface area contributed by atoms with Crippen LogP contribution in [0.5, 0.6) is 0 Å². The Kier molecular flexibility index (Phi) is 3.25. The van der Waals surface area contributed by atoms with Crippen LogP contribution in [0.3, 0.4) is 0 Å². The third-order valence-corrected chi connectivity index (χ3v) is 3.17. The smallest absolute Gasteiger partial charge is 0.244 e. The van der Waals surface area contributed by atoms with Gasteiger partial charge in [-0.1, -0.05) is 0 Å². The zero-order valence-electron chi connectivity index (χ0n) is 8.01. The molecule has 0 saturated carbocycles. The van der Waals surface area contributed by atoms with Crippen LogP contribution < -0.4 is 4.72 Å². The lowest BCUT2D eigenvalue weighted by atomic mass is 10.4. The standard InChI is InChI=1S/C7H13N3O3S/c1-6(5-11)9-14(12,13)7-3-8-10(2)4-7/h3-4,6,9,11H,5H2,1-2H3. The van der Waals surface area contributed by atoms with Crippen LogP contribution in [0.1, 0.15) is 6.92 Å². The van der Waals surface area contributed by atoms with E-state index in [2.05, 4.69) is 9.82 Å². The fourth-order valence-corrected chi connectivity index (χ4v) is 2.13. The van der Waals surface area contributed by atoms with E-state index in [4.69, 9.17) is 5.11 Å². The highest BCUT2D eigenvalue weighted by Crippen LogP contribution is 2.06. The van der Waals surface area contributed by atoms with E-state index in [1.54, 1.807) is 14.0 Å². The van der Waals surface area contributed by atoms with E-state index < -0.39 is 16.1 Å². The third kappa shape index (κ3) is 2.53. The quantitative estimate of drug-likeness (QED) is 0.686. The van der Waals surface area contributed by atoms with Crippen molar-refractivity contribution in [1.29, 1.82) is 0 Å². The van der Waals surface area contributed by atoms with Crippen molar-refractivity contribution in [3.8, 4) is 0 Å². The molecule has 1 unspecified atom stereocenters. The van der Waals surface area contributed by atoms with Crippen LogP contribution in [-0.2, 0) is 17.1 Å². The summed E-state index contributed by atoms with van der Waals surface area (Å²) < 4.78 is 26.8. The van der Waals surface area contributed by atoms with E-state index in [-0.39, 0.29) is 11.5 Å². The Bertz CT molecular complexity index is 398. The van der Waals surface area contributed by atoms with Gasteiger partial charge in [-0.25, -0.2) is 13.1 Å². The Morgan fingerprint density at radius 3 is 2.79 bits per heavy atom. The van der Waals surface area contributed by atoms with Crippen molar-refractivity contribution in [3.05, 3.63) is 12.4 Å². The average Bonchev–Trinajstić information content (AvgIpc) is 2.51. The molecule has 6 nitrogen and oxygen atoms in total. The highest BCUT2D eigenvalue weighted by molar-refractivity contribution is 7.89. The predicted molar refractivity (Wildman–Crippen MR) is 50.1 cm³/mol. The lowest BCUT2D eigenvalue weighted by Gasteiger charge is -2.09. The second-order valence-corrected chi connectivity index (χ2v) is 4.77. The van der Waals surface area contributed by atoms with E-state index in [0.717, 1.165) is 0 Å². The molecule has 0 amide bonds. The molecule has 80 valence electrons. The van der Waals surface area contributed by atoms with Gasteiger partial charge in [0.1, 0.15) is 4.90 Å². The van der Waals surface area contributed by atoms with Crippen molar-refractivity contribution in [1.82, 2.24) is 14.5 Å². The first-order chi connectivity index (χ1) is 6.45. The Hall–Kier alpha value is -0.920. The summed E-state index contributed by atoms with van der Waals surface area (Å²) in [5.41, 5.74) is 0. The van der Waals surface area contributed by atoms with Crippen LogP contribution in [0, 0.1) is 0 Å². The number of aryl methyl sites for hydroxylation is 1. The van der Waals surface area contributed by atoms with Crippen LogP contribution in [0.4, 0.5) is 0 Å². The fourth-order valence-electron chi connectivity index (χ4n) is 0.908. The molecule has 0 radical (unpaired) electrons. The summed E-state index contributed by atoms with van der Waals surface area (Å²) in [5.74, 6) is 0. The molecule has 0 aliphatic rings. The van der Waals surface area contributed by atoms with Crippen molar-refractivity contribution >= 4 is 10.0 Å². The monoisotopic (exact) mass is 219 g/mol. The van der Waals surface area contributed by atoms with E-state index in [1.165, 1.54) is 17.1 Å². The van der Waals surface area contributed by atoms with Gasteiger partial charge in [0.25, 0.3) is 0 Å². The van der Waals surface area contributed by atoms with Gasteiger partial charge >= 0.3 is 0 Å². The van der Waals surface area contributed by atoms with Gasteiger partial charge in [-0.05, 0) is 6.92 Å². The number of sulfonamides is 1. The molecule has 7 heteroatoms. The van der Waals surface area contributed by atoms with Gasteiger partial charge in [-0.2, -0.15) is 5.10 Å². The van der Waals surface area contributed by atoms with Crippen LogP contribution in [0.2, 0.25) is 0 Å². The van der Waals surface area contributed by atoms with Gasteiger partial charge in [0.2, 0.25) is 10.0 Å². The maximum absolute atomic E-state index is 11.5. The van der Waals surface area contributed by atoms with Crippen molar-refractivity contribution in [2.45, 2.75) is 17.9 Å². The first-order valence-corrected chi connectivity index (χ1v) is 5.56. The second kappa shape index (κ2) is 4.07. The minimum atomic E-state index is -3.54. The minimum Gasteiger partial charge on any atom is -0.395 e. The molecule has 0 bridgehead atoms. The van der Waals surface area contributed by atoms with Crippen LogP contribution in [-0.4, -0.2) is 36.0 Å². The number of aliphatic hydroxyl groups is 1. The molecule has 1 aromatic heterocycles. The maximum atomic E-state index is 11.5. The topological polar surface area (TPSA) is 84.2 Å². The van der Waals surface area contributed by atoms with Crippen molar-refractivity contribution in [2.24, 2.45) is 7.05 Å². The summed E-state index contributed by atoms with van der Waals surface area (Å²) in [5, 5.41) is 12.5. The SMILES string of the molecule is CC(CO)NS(=O)(=O)c1cnn(C)c1. The molecule has 0 spiro atoms. The normalized spacial score (nSPS) is 14.2. The van der Waals surface area contributed by atoms with Crippen LogP contribution in [0.15, 0.2) is 17.3 Å². The molecule has 1 aromatic rings. The summed E-state index contributed by atoms with van der Waals surface area (Å²) in [6.45, 7) is 1.34. The molecular formula is C7H13N3O3S. The Morgan fingerprint density at radius 2 is 2.36 bits per heavy atom. The van der Waals surface area contributed by atoms with Crippen LogP contribution >= 0.6 is 0 Å². The maximum Gasteiger partial charge on any atom is 0.244 e. The molecule has 1 rings (SSSR count). The number of hydrogen-bond donors (Lipinski definition) is 2. The Labute approximate surface area is 82.6 Å². The van der Waals surface area contributed by atoms with Crippen molar-refractivity contribution < 1.29 is 13.5 Å². The minimum absolute atomic E-state index is 0.0975. The number of hydrogen-bond acceptors (Lipinski definition) is 4. The summed E-state index contributed by atoms with van der Waals surface area (Å²) in [4.78, 5) is 0.0975. The lowest BCUT2D eigenvalue weighted by molar-refractivity contribution is 0.265. The summed E-state index contributed by atoms with van der Waals surface area (Å²) in [6, 6.07) is -0.500. The van der Waals surface area contributed by atoms with Crippen molar-refractivity contribution in [3.63, 3.8) is 0 Å². The summed E-state index contributed by atoms with van der Waals surface area (Å²) in [6.07, 6.45) is 2.65. The van der Waals surface area contributed by atoms with E-state index in [1.807, 2.05) is 0 Å². The number of aliphatic hydroxyl groups excluding tert-OH is 1. The molecule has 0 aromatic carbocycles. The van der Waals surface area contributed by atoms with E-state index >= 15 is 0 Å². The zero-order valence-corrected chi connectivity index (χ0v) is 8.82. The first-order valence-electron chi connectivity index (χ1n) is 4.07. The van der Waals surface area contributed by atoms with Gasteiger partial charge in [0.15, 0.2) is 0 Å². The number of nitrogens with one attached hydrogen (secondary N) is 1. The average molecular weight is 219 g/mol. The van der Waals surface area contributed by atoms with Gasteiger partial charge < -0.3 is 5.11 Å². The van der Waals surface area contributed by atoms with Crippen molar-refractivity contribution in [2.75, 3.05) is 6.61 Å². The molecule has 0 aliphatic heterocycles. The largest absolute Gasteiger partial charge is 0.395 e. The zero-order chi connectivity index (χ0) is 10.8. The Balaban J connectivity index is 2.86. The third-order valence-electron chi connectivity index (χ3n) is 1.62. The lowest BCUT2D eigenvalue weighted by Crippen LogP contribution is -2.34. The molecule has 0 saturated heterocycles. The van der Waals surface area contributed by atoms with Gasteiger partial charge in [-0.15, -0.1) is 0 Å². The molecule has 0 fully saturated rings. The highest BCUT2D eigenvalue weighted by atomic mass is 32.2. The summed E-state index contributed by atoms with van der Waals surface area (Å²) >= 11 is 0. The van der Waals surface area contributed by atoms with Gasteiger partial charge in [0.05, 0.1) is 12.8 Å². The molecule has 1 heterocycles. The highest BCUT2D eigenvalue weighted by Gasteiger charge is 2.18. The van der Waals surface area contributed by atoms with Gasteiger partial charge in [-0.3, -0.25) is 4.68 Å². The Morgan fingerprint density at radius 1 is 1.71 bits per heavy atom. The molecule has 14 heavy (non-hydrogen) atoms. The van der Waals surface area contributed by atoms with Crippen LogP contribution in [0.25, 0.3) is 0 Å².